The molecule has 1 fully saturated rings. The van der Waals surface area contributed by atoms with E-state index in [0.717, 1.165) is 11.1 Å². The molecule has 2 atom stereocenters. The van der Waals surface area contributed by atoms with Gasteiger partial charge in [-0.2, -0.15) is 0 Å². The first-order valence-electron chi connectivity index (χ1n) is 8.18. The van der Waals surface area contributed by atoms with Gasteiger partial charge < -0.3 is 15.2 Å². The van der Waals surface area contributed by atoms with Crippen molar-refractivity contribution in [3.63, 3.8) is 0 Å². The molecule has 1 aromatic rings. The highest BCUT2D eigenvalue weighted by Crippen LogP contribution is 2.26. The van der Waals surface area contributed by atoms with Crippen LogP contribution in [0.1, 0.15) is 44.4 Å². The van der Waals surface area contributed by atoms with Crippen LogP contribution < -0.4 is 5.32 Å². The number of hydrogen-bond donors (Lipinski definition) is 2. The monoisotopic (exact) mass is 334 g/mol. The normalized spacial score (nSPS) is 19.8. The number of carboxylic acids is 1. The van der Waals surface area contributed by atoms with Gasteiger partial charge in [-0.1, -0.05) is 29.8 Å². The van der Waals surface area contributed by atoms with Crippen molar-refractivity contribution in [1.29, 1.82) is 0 Å². The Kier molecular flexibility index (Phi) is 5.49. The number of likely N-dealkylation sites (tertiary alicyclic amines) is 1. The van der Waals surface area contributed by atoms with Crippen LogP contribution in [0.25, 0.3) is 0 Å². The molecule has 1 saturated heterocycles. The average Bonchev–Trinajstić information content (AvgIpc) is 2.84. The van der Waals surface area contributed by atoms with Crippen LogP contribution in [0.15, 0.2) is 24.3 Å². The molecule has 1 aliphatic heterocycles. The van der Waals surface area contributed by atoms with Crippen LogP contribution in [0.2, 0.25) is 0 Å². The van der Waals surface area contributed by atoms with E-state index < -0.39 is 23.7 Å². The average molecular weight is 334 g/mol. The molecule has 24 heavy (non-hydrogen) atoms. The Balaban J connectivity index is 2.02. The minimum absolute atomic E-state index is 0.105. The van der Waals surface area contributed by atoms with Crippen LogP contribution >= 0.6 is 0 Å². The Labute approximate surface area is 142 Å². The summed E-state index contributed by atoms with van der Waals surface area (Å²) in [4.78, 5) is 25.5. The minimum atomic E-state index is -0.876. The van der Waals surface area contributed by atoms with Gasteiger partial charge in [0.15, 0.2) is 0 Å². The molecular weight excluding hydrogens is 308 g/mol. The summed E-state index contributed by atoms with van der Waals surface area (Å²) in [7, 11) is 0. The number of carbonyl (C=O) groups excluding carboxylic acids is 1. The fourth-order valence-corrected chi connectivity index (χ4v) is 2.96. The van der Waals surface area contributed by atoms with E-state index in [-0.39, 0.29) is 6.04 Å². The highest BCUT2D eigenvalue weighted by Gasteiger charge is 2.34. The Morgan fingerprint density at radius 2 is 2.08 bits per heavy atom. The Bertz CT molecular complexity index is 609. The molecule has 0 aliphatic carbocycles. The third kappa shape index (κ3) is 4.96. The van der Waals surface area contributed by atoms with Crippen LogP contribution in [0.3, 0.4) is 0 Å². The molecule has 1 aliphatic rings. The second-order valence-corrected chi connectivity index (χ2v) is 7.28. The summed E-state index contributed by atoms with van der Waals surface area (Å²) in [6, 6.07) is 6.74. The van der Waals surface area contributed by atoms with E-state index in [2.05, 4.69) is 5.32 Å². The summed E-state index contributed by atoms with van der Waals surface area (Å²) in [5.41, 5.74) is 1.25. The zero-order valence-electron chi connectivity index (χ0n) is 14.7. The van der Waals surface area contributed by atoms with E-state index >= 15 is 0 Å². The van der Waals surface area contributed by atoms with Gasteiger partial charge in [0.2, 0.25) is 0 Å². The van der Waals surface area contributed by atoms with Crippen molar-refractivity contribution in [1.82, 2.24) is 10.2 Å². The van der Waals surface area contributed by atoms with Crippen molar-refractivity contribution >= 4 is 12.1 Å². The molecule has 0 spiro atoms. The minimum Gasteiger partial charge on any atom is -0.480 e. The Morgan fingerprint density at radius 3 is 2.67 bits per heavy atom. The Hall–Kier alpha value is -2.08. The van der Waals surface area contributed by atoms with Gasteiger partial charge in [0, 0.05) is 19.1 Å². The second kappa shape index (κ2) is 7.21. The first-order valence-corrected chi connectivity index (χ1v) is 8.18. The third-order valence-corrected chi connectivity index (χ3v) is 3.90. The molecule has 0 saturated carbocycles. The van der Waals surface area contributed by atoms with E-state index in [1.165, 1.54) is 0 Å². The molecule has 2 unspecified atom stereocenters. The predicted octanol–water partition coefficient (Wildman–Crippen LogP) is 2.72. The maximum absolute atomic E-state index is 11.9. The van der Waals surface area contributed by atoms with Crippen LogP contribution in [0, 0.1) is 6.92 Å². The lowest BCUT2D eigenvalue weighted by Gasteiger charge is -2.25. The van der Waals surface area contributed by atoms with Crippen molar-refractivity contribution in [2.75, 3.05) is 13.1 Å². The van der Waals surface area contributed by atoms with Gasteiger partial charge in [0.05, 0.1) is 0 Å². The van der Waals surface area contributed by atoms with Crippen LogP contribution in [0.5, 0.6) is 0 Å². The number of alkyl carbamates (subject to hydrolysis) is 1. The van der Waals surface area contributed by atoms with Crippen molar-refractivity contribution < 1.29 is 19.4 Å². The lowest BCUT2D eigenvalue weighted by molar-refractivity contribution is -0.143. The summed E-state index contributed by atoms with van der Waals surface area (Å²) in [5, 5.41) is 12.5. The largest absolute Gasteiger partial charge is 0.480 e. The highest BCUT2D eigenvalue weighted by molar-refractivity contribution is 5.75. The zero-order chi connectivity index (χ0) is 17.9. The first-order chi connectivity index (χ1) is 11.2. The highest BCUT2D eigenvalue weighted by atomic mass is 16.6. The van der Waals surface area contributed by atoms with E-state index in [1.54, 1.807) is 0 Å². The molecule has 0 radical (unpaired) electrons. The molecular formula is C18H26N2O4. The second-order valence-electron chi connectivity index (χ2n) is 7.28. The molecule has 2 rings (SSSR count). The van der Waals surface area contributed by atoms with Crippen molar-refractivity contribution in [2.24, 2.45) is 0 Å². The van der Waals surface area contributed by atoms with Gasteiger partial charge in [-0.15, -0.1) is 0 Å². The predicted molar refractivity (Wildman–Crippen MR) is 90.9 cm³/mol. The third-order valence-electron chi connectivity index (χ3n) is 3.90. The number of carbonyl (C=O) groups is 2. The molecule has 6 heteroatoms. The summed E-state index contributed by atoms with van der Waals surface area (Å²) in [5.74, 6) is -0.876. The SMILES string of the molecule is Cc1cccc(C(C(=O)O)N2CCC(NC(=O)OC(C)(C)C)C2)c1. The maximum Gasteiger partial charge on any atom is 0.407 e. The first kappa shape index (κ1) is 18.3. The molecule has 132 valence electrons. The lowest BCUT2D eigenvalue weighted by Crippen LogP contribution is -2.41. The lowest BCUT2D eigenvalue weighted by atomic mass is 10.0. The number of aliphatic carboxylic acids is 1. The zero-order valence-corrected chi connectivity index (χ0v) is 14.7. The van der Waals surface area contributed by atoms with Crippen LogP contribution in [-0.2, 0) is 9.53 Å². The number of rotatable bonds is 4. The molecule has 1 heterocycles. The number of ether oxygens (including phenoxy) is 1. The van der Waals surface area contributed by atoms with Gasteiger partial charge >= 0.3 is 12.1 Å². The number of amides is 1. The molecule has 2 N–H and O–H groups in total. The van der Waals surface area contributed by atoms with Gasteiger partial charge in [-0.25, -0.2) is 4.79 Å². The number of benzene rings is 1. The van der Waals surface area contributed by atoms with Gasteiger partial charge in [0.1, 0.15) is 11.6 Å². The molecule has 0 aromatic heterocycles. The fraction of sp³-hybridized carbons (Fsp3) is 0.556. The number of hydrogen-bond acceptors (Lipinski definition) is 4. The number of aryl methyl sites for hydroxylation is 1. The number of carboxylic acid groups (broad SMARTS) is 1. The smallest absolute Gasteiger partial charge is 0.407 e. The summed E-state index contributed by atoms with van der Waals surface area (Å²) in [6.45, 7) is 8.48. The number of nitrogens with zero attached hydrogens (tertiary/aromatic N) is 1. The molecule has 1 amide bonds. The van der Waals surface area contributed by atoms with E-state index in [1.807, 2.05) is 56.9 Å². The van der Waals surface area contributed by atoms with Crippen molar-refractivity contribution in [3.05, 3.63) is 35.4 Å². The van der Waals surface area contributed by atoms with E-state index in [4.69, 9.17) is 4.74 Å². The molecule has 1 aromatic carbocycles. The Morgan fingerprint density at radius 1 is 1.38 bits per heavy atom. The van der Waals surface area contributed by atoms with E-state index in [9.17, 15) is 14.7 Å². The quantitative estimate of drug-likeness (QED) is 0.885. The van der Waals surface area contributed by atoms with Gasteiger partial charge in [-0.05, 0) is 39.7 Å². The van der Waals surface area contributed by atoms with Gasteiger partial charge in [-0.3, -0.25) is 9.69 Å². The number of nitrogens with one attached hydrogen (secondary N) is 1. The van der Waals surface area contributed by atoms with Crippen LogP contribution in [0.4, 0.5) is 4.79 Å². The fourth-order valence-electron chi connectivity index (χ4n) is 2.96. The summed E-state index contributed by atoms with van der Waals surface area (Å²) in [6.07, 6.45) is 0.242. The van der Waals surface area contributed by atoms with Crippen molar-refractivity contribution in [3.8, 4) is 0 Å². The topological polar surface area (TPSA) is 78.9 Å². The standard InChI is InChI=1S/C18H26N2O4/c1-12-6-5-7-13(10-12)15(16(21)22)20-9-8-14(11-20)19-17(23)24-18(2,3)4/h5-7,10,14-15H,8-9,11H2,1-4H3,(H,19,23)(H,21,22). The maximum atomic E-state index is 11.9. The van der Waals surface area contributed by atoms with Crippen LogP contribution in [-0.4, -0.2) is 46.8 Å². The summed E-state index contributed by atoms with van der Waals surface area (Å²) < 4.78 is 5.26. The molecule has 0 bridgehead atoms. The van der Waals surface area contributed by atoms with Crippen molar-refractivity contribution in [2.45, 2.75) is 51.8 Å². The molecule has 6 nitrogen and oxygen atoms in total. The van der Waals surface area contributed by atoms with E-state index in [0.29, 0.717) is 19.5 Å². The van der Waals surface area contributed by atoms with Gasteiger partial charge in [0.25, 0.3) is 0 Å². The summed E-state index contributed by atoms with van der Waals surface area (Å²) >= 11 is 0.